The number of carbonyl (C=O) groups excluding carboxylic acids is 3. The van der Waals surface area contributed by atoms with Crippen LogP contribution in [0.3, 0.4) is 0 Å². The van der Waals surface area contributed by atoms with Crippen molar-refractivity contribution in [3.63, 3.8) is 0 Å². The standard InChI is InChI=1S/C25H18N2O5S/c28-14-16-10-4-6-12-18(16)27-23(31)22(30)20(21(29)15-8-2-1-3-9-15)25(27)24(32)26-17-11-5-7-13-19(17)33-25/h1-13,28-29H,14H2,(H,26,32)/b21-20-. The smallest absolute Gasteiger partial charge is 0.301 e. The summed E-state index contributed by atoms with van der Waals surface area (Å²) in [5, 5.41) is 23.9. The van der Waals surface area contributed by atoms with Gasteiger partial charge in [0, 0.05) is 16.0 Å². The second kappa shape index (κ2) is 7.91. The van der Waals surface area contributed by atoms with Gasteiger partial charge in [-0.1, -0.05) is 72.4 Å². The van der Waals surface area contributed by atoms with Crippen LogP contribution in [0, 0.1) is 0 Å². The molecule has 33 heavy (non-hydrogen) atoms. The third-order valence-corrected chi connectivity index (χ3v) is 7.11. The monoisotopic (exact) mass is 458 g/mol. The second-order valence-electron chi connectivity index (χ2n) is 7.54. The molecule has 0 saturated carbocycles. The summed E-state index contributed by atoms with van der Waals surface area (Å²) in [4.78, 5) is 40.3. The Hall–Kier alpha value is -3.88. The van der Waals surface area contributed by atoms with E-state index in [-0.39, 0.29) is 11.3 Å². The van der Waals surface area contributed by atoms with Crippen LogP contribution in [0.15, 0.2) is 89.3 Å². The number of amides is 2. The third-order valence-electron chi connectivity index (χ3n) is 5.67. The van der Waals surface area contributed by atoms with E-state index in [1.807, 2.05) is 0 Å². The zero-order valence-electron chi connectivity index (χ0n) is 17.2. The van der Waals surface area contributed by atoms with Gasteiger partial charge in [-0.05, 0) is 18.2 Å². The van der Waals surface area contributed by atoms with E-state index in [0.717, 1.165) is 16.7 Å². The quantitative estimate of drug-likeness (QED) is 0.315. The highest BCUT2D eigenvalue weighted by atomic mass is 32.2. The highest BCUT2D eigenvalue weighted by Crippen LogP contribution is 2.54. The fraction of sp³-hybridized carbons (Fsp3) is 0.0800. The maximum Gasteiger partial charge on any atom is 0.301 e. The lowest BCUT2D eigenvalue weighted by atomic mass is 9.98. The molecular weight excluding hydrogens is 440 g/mol. The first-order valence-electron chi connectivity index (χ1n) is 10.2. The molecule has 2 heterocycles. The zero-order valence-corrected chi connectivity index (χ0v) is 18.0. The van der Waals surface area contributed by atoms with Crippen molar-refractivity contribution in [2.45, 2.75) is 16.4 Å². The van der Waals surface area contributed by atoms with Crippen LogP contribution in [0.5, 0.6) is 0 Å². The number of carbonyl (C=O) groups is 3. The van der Waals surface area contributed by atoms with E-state index in [4.69, 9.17) is 0 Å². The van der Waals surface area contributed by atoms with E-state index < -0.39 is 34.8 Å². The summed E-state index contributed by atoms with van der Waals surface area (Å²) in [6, 6.07) is 21.8. The molecule has 7 nitrogen and oxygen atoms in total. The van der Waals surface area contributed by atoms with Crippen LogP contribution >= 0.6 is 11.8 Å². The molecule has 1 unspecified atom stereocenters. The number of hydrogen-bond acceptors (Lipinski definition) is 6. The summed E-state index contributed by atoms with van der Waals surface area (Å²) < 4.78 is 0. The van der Waals surface area contributed by atoms with E-state index in [2.05, 4.69) is 5.32 Å². The van der Waals surface area contributed by atoms with Gasteiger partial charge in [-0.15, -0.1) is 0 Å². The van der Waals surface area contributed by atoms with E-state index in [9.17, 15) is 24.6 Å². The van der Waals surface area contributed by atoms with Gasteiger partial charge >= 0.3 is 5.91 Å². The number of aliphatic hydroxyl groups excluding tert-OH is 2. The maximum absolute atomic E-state index is 13.7. The van der Waals surface area contributed by atoms with Gasteiger partial charge < -0.3 is 15.5 Å². The number of benzene rings is 3. The van der Waals surface area contributed by atoms with Crippen LogP contribution in [0.1, 0.15) is 11.1 Å². The molecule has 8 heteroatoms. The first kappa shape index (κ1) is 21.0. The van der Waals surface area contributed by atoms with Gasteiger partial charge in [0.05, 0.1) is 23.6 Å². The fourth-order valence-electron chi connectivity index (χ4n) is 4.15. The summed E-state index contributed by atoms with van der Waals surface area (Å²) >= 11 is 1.01. The minimum Gasteiger partial charge on any atom is -0.507 e. The van der Waals surface area contributed by atoms with Crippen LogP contribution < -0.4 is 10.2 Å². The van der Waals surface area contributed by atoms with Crippen molar-refractivity contribution in [3.05, 3.63) is 95.6 Å². The Morgan fingerprint density at radius 3 is 2.33 bits per heavy atom. The van der Waals surface area contributed by atoms with Crippen molar-refractivity contribution >= 4 is 46.5 Å². The number of nitrogens with zero attached hydrogens (tertiary/aromatic N) is 1. The lowest BCUT2D eigenvalue weighted by molar-refractivity contribution is -0.132. The van der Waals surface area contributed by atoms with Crippen LogP contribution in [0.2, 0.25) is 0 Å². The molecule has 2 aliphatic heterocycles. The lowest BCUT2D eigenvalue weighted by Crippen LogP contribution is -2.55. The molecule has 1 atom stereocenters. The molecule has 0 aromatic heterocycles. The van der Waals surface area contributed by atoms with Crippen LogP contribution in [0.25, 0.3) is 5.76 Å². The molecule has 2 amide bonds. The summed E-state index contributed by atoms with van der Waals surface area (Å²) in [5.74, 6) is -3.03. The Morgan fingerprint density at radius 1 is 0.909 bits per heavy atom. The van der Waals surface area contributed by atoms with E-state index in [1.165, 1.54) is 0 Å². The molecular formula is C25H18N2O5S. The van der Waals surface area contributed by atoms with Crippen LogP contribution in [0.4, 0.5) is 11.4 Å². The molecule has 0 aliphatic carbocycles. The number of anilines is 2. The second-order valence-corrected chi connectivity index (χ2v) is 8.78. The summed E-state index contributed by atoms with van der Waals surface area (Å²) in [7, 11) is 0. The first-order chi connectivity index (χ1) is 16.0. The topological polar surface area (TPSA) is 107 Å². The van der Waals surface area contributed by atoms with E-state index >= 15 is 0 Å². The van der Waals surface area contributed by atoms with Gasteiger partial charge in [-0.3, -0.25) is 19.3 Å². The zero-order chi connectivity index (χ0) is 23.2. The molecule has 0 bridgehead atoms. The highest BCUT2D eigenvalue weighted by Gasteiger charge is 2.64. The number of Topliss-reactive ketones (excluding diaryl/α,β-unsaturated/α-hetero) is 1. The molecule has 3 N–H and O–H groups in total. The Labute approximate surface area is 193 Å². The normalized spacial score (nSPS) is 21.2. The van der Waals surface area contributed by atoms with Gasteiger partial charge in [0.15, 0.2) is 0 Å². The molecule has 1 spiro atoms. The van der Waals surface area contributed by atoms with Gasteiger partial charge in [-0.2, -0.15) is 0 Å². The van der Waals surface area contributed by atoms with Gasteiger partial charge in [-0.25, -0.2) is 0 Å². The predicted molar refractivity (Wildman–Crippen MR) is 125 cm³/mol. The molecule has 2 aliphatic rings. The number of nitrogens with one attached hydrogen (secondary N) is 1. The molecule has 5 rings (SSSR count). The van der Waals surface area contributed by atoms with Crippen molar-refractivity contribution in [2.75, 3.05) is 10.2 Å². The van der Waals surface area contributed by atoms with Gasteiger partial charge in [0.2, 0.25) is 4.87 Å². The van der Waals surface area contributed by atoms with Crippen molar-refractivity contribution in [2.24, 2.45) is 0 Å². The Balaban J connectivity index is 1.84. The summed E-state index contributed by atoms with van der Waals surface area (Å²) in [5.41, 5.74) is 1.11. The molecule has 3 aromatic carbocycles. The molecule has 0 radical (unpaired) electrons. The largest absolute Gasteiger partial charge is 0.507 e. The lowest BCUT2D eigenvalue weighted by Gasteiger charge is -2.40. The van der Waals surface area contributed by atoms with E-state index in [1.54, 1.807) is 78.9 Å². The number of para-hydroxylation sites is 2. The Morgan fingerprint density at radius 2 is 1.58 bits per heavy atom. The Kier molecular flexibility index (Phi) is 5.03. The average molecular weight is 458 g/mol. The average Bonchev–Trinajstić information content (AvgIpc) is 3.06. The summed E-state index contributed by atoms with van der Waals surface area (Å²) in [6.07, 6.45) is 0. The SMILES string of the molecule is O=C1C(=O)N(c2ccccc2CO)C2(Sc3ccccc3NC2=O)/C1=C(\O)c1ccccc1. The number of ketones is 1. The fourth-order valence-corrected chi connectivity index (χ4v) is 5.55. The van der Waals surface area contributed by atoms with Crippen molar-refractivity contribution in [1.82, 2.24) is 0 Å². The number of rotatable bonds is 3. The van der Waals surface area contributed by atoms with Gasteiger partial charge in [0.1, 0.15) is 5.76 Å². The number of thioether (sulfide) groups is 1. The van der Waals surface area contributed by atoms with Crippen LogP contribution in [-0.4, -0.2) is 32.7 Å². The van der Waals surface area contributed by atoms with Crippen molar-refractivity contribution in [3.8, 4) is 0 Å². The minimum atomic E-state index is -1.91. The van der Waals surface area contributed by atoms with Crippen molar-refractivity contribution in [1.29, 1.82) is 0 Å². The van der Waals surface area contributed by atoms with E-state index in [0.29, 0.717) is 21.7 Å². The summed E-state index contributed by atoms with van der Waals surface area (Å²) in [6.45, 7) is -0.406. The molecule has 3 aromatic rings. The maximum atomic E-state index is 13.7. The third kappa shape index (κ3) is 3.06. The van der Waals surface area contributed by atoms with Crippen LogP contribution in [-0.2, 0) is 21.0 Å². The number of aliphatic hydroxyl groups is 2. The molecule has 1 fully saturated rings. The van der Waals surface area contributed by atoms with Gasteiger partial charge in [0.25, 0.3) is 11.7 Å². The highest BCUT2D eigenvalue weighted by molar-refractivity contribution is 8.02. The number of hydrogen-bond donors (Lipinski definition) is 3. The van der Waals surface area contributed by atoms with Crippen molar-refractivity contribution < 1.29 is 24.6 Å². The first-order valence-corrected chi connectivity index (χ1v) is 11.0. The molecule has 1 saturated heterocycles. The molecule has 164 valence electrons. The predicted octanol–water partition coefficient (Wildman–Crippen LogP) is 3.50. The minimum absolute atomic E-state index is 0.219. The number of fused-ring (bicyclic) bond motifs is 1. The Bertz CT molecular complexity index is 1340.